The topological polar surface area (TPSA) is 72.5 Å². The zero-order valence-corrected chi connectivity index (χ0v) is 19.2. The van der Waals surface area contributed by atoms with E-state index in [0.717, 1.165) is 4.47 Å². The van der Waals surface area contributed by atoms with Crippen molar-refractivity contribution in [1.82, 2.24) is 5.32 Å². The van der Waals surface area contributed by atoms with Gasteiger partial charge in [-0.1, -0.05) is 28.1 Å². The van der Waals surface area contributed by atoms with E-state index in [1.165, 1.54) is 6.92 Å². The summed E-state index contributed by atoms with van der Waals surface area (Å²) in [6.07, 6.45) is 1.61. The molecule has 5 nitrogen and oxygen atoms in total. The number of rotatable bonds is 6. The third-order valence-electron chi connectivity index (χ3n) is 2.57. The third-order valence-corrected chi connectivity index (χ3v) is 3.10. The molecule has 1 N–H and O–H groups in total. The van der Waals surface area contributed by atoms with Gasteiger partial charge in [-0.25, -0.2) is 6.29 Å². The van der Waals surface area contributed by atoms with Crippen LogP contribution in [0, 0.1) is 38.0 Å². The van der Waals surface area contributed by atoms with E-state index in [4.69, 9.17) is 4.74 Å². The molecule has 124 valence electrons. The second-order valence-corrected chi connectivity index (χ2v) is 5.13. The number of esters is 1. The van der Waals surface area contributed by atoms with Crippen LogP contribution in [-0.4, -0.2) is 30.3 Å². The second-order valence-electron chi connectivity index (χ2n) is 4.21. The number of benzene rings is 1. The second kappa shape index (κ2) is 12.7. The number of hydrogen-bond acceptors (Lipinski definition) is 4. The van der Waals surface area contributed by atoms with Crippen LogP contribution in [0.15, 0.2) is 28.7 Å². The van der Waals surface area contributed by atoms with E-state index in [1.807, 2.05) is 0 Å². The molecule has 1 unspecified atom stereocenters. The molecule has 0 radical (unpaired) electrons. The molecular formula is C16H20BrNO4U. The molecule has 0 saturated carbocycles. The standard InChI is InChI=1S/C14H15BrNO4.C2H5.U/c1-3-20-13(19)14(9-17,16-10(2)18)8-11-4-6-12(15)7-5-11;1-2;/h4-7H,3,8H2,1-2H3,(H,16,18);1H2,2H3;/q2*-1;+2. The molecule has 1 aromatic rings. The fourth-order valence-corrected chi connectivity index (χ4v) is 2.00. The zero-order chi connectivity index (χ0) is 17.2. The molecule has 0 aliphatic rings. The molecule has 1 amide bonds. The largest absolute Gasteiger partial charge is 2.00 e. The molecular weight excluding hydrogens is 588 g/mol. The van der Waals surface area contributed by atoms with Crippen LogP contribution in [0.1, 0.15) is 26.3 Å². The van der Waals surface area contributed by atoms with Gasteiger partial charge in [0.2, 0.25) is 5.91 Å². The van der Waals surface area contributed by atoms with E-state index in [-0.39, 0.29) is 44.1 Å². The van der Waals surface area contributed by atoms with Crippen molar-refractivity contribution in [2.75, 3.05) is 6.61 Å². The van der Waals surface area contributed by atoms with E-state index in [9.17, 15) is 14.4 Å². The number of carbonyl (C=O) groups is 2. The first-order chi connectivity index (χ1) is 10.4. The Bertz CT molecular complexity index is 507. The van der Waals surface area contributed by atoms with Gasteiger partial charge in [-0.2, -0.15) is 6.92 Å². The summed E-state index contributed by atoms with van der Waals surface area (Å²) in [4.78, 5) is 34.6. The minimum Gasteiger partial charge on any atom is -0.539 e. The van der Waals surface area contributed by atoms with Crippen molar-refractivity contribution < 1.29 is 50.2 Å². The molecule has 0 saturated heterocycles. The minimum atomic E-state index is -1.81. The Morgan fingerprint density at radius 1 is 1.30 bits per heavy atom. The molecule has 0 fully saturated rings. The van der Waals surface area contributed by atoms with E-state index in [2.05, 4.69) is 28.2 Å². The molecule has 0 spiro atoms. The third kappa shape index (κ3) is 8.14. The summed E-state index contributed by atoms with van der Waals surface area (Å²) in [5.74, 6) is -1.31. The van der Waals surface area contributed by atoms with Gasteiger partial charge in [-0.3, -0.25) is 9.59 Å². The van der Waals surface area contributed by atoms with Gasteiger partial charge in [-0.05, 0) is 31.0 Å². The van der Waals surface area contributed by atoms with Gasteiger partial charge in [-0.15, -0.1) is 0 Å². The monoisotopic (exact) mass is 607 g/mol. The Hall–Kier alpha value is -0.638. The van der Waals surface area contributed by atoms with Gasteiger partial charge in [0.1, 0.15) is 0 Å². The van der Waals surface area contributed by atoms with Gasteiger partial charge in [0.05, 0.1) is 6.61 Å². The molecule has 1 rings (SSSR count). The Morgan fingerprint density at radius 3 is 2.22 bits per heavy atom. The maximum absolute atomic E-state index is 12.0. The van der Waals surface area contributed by atoms with Crippen LogP contribution >= 0.6 is 15.9 Å². The smallest absolute Gasteiger partial charge is 0.539 e. The average Bonchev–Trinajstić information content (AvgIpc) is 2.50. The molecule has 0 aliphatic heterocycles. The summed E-state index contributed by atoms with van der Waals surface area (Å²) in [6.45, 7) is 7.97. The maximum atomic E-state index is 12.0. The zero-order valence-electron chi connectivity index (χ0n) is 13.4. The van der Waals surface area contributed by atoms with Gasteiger partial charge >= 0.3 is 37.1 Å². The normalized spacial score (nSPS) is 11.7. The number of amides is 1. The van der Waals surface area contributed by atoms with Crippen LogP contribution in [0.3, 0.4) is 0 Å². The van der Waals surface area contributed by atoms with Crippen LogP contribution in [0.4, 0.5) is 0 Å². The van der Waals surface area contributed by atoms with E-state index < -0.39 is 17.4 Å². The number of ether oxygens (including phenoxy) is 1. The van der Waals surface area contributed by atoms with Gasteiger partial charge in [0.15, 0.2) is 0 Å². The van der Waals surface area contributed by atoms with Gasteiger partial charge in [0, 0.05) is 16.9 Å². The first-order valence-electron chi connectivity index (χ1n) is 6.74. The van der Waals surface area contributed by atoms with Crippen LogP contribution in [-0.2, 0) is 25.5 Å². The van der Waals surface area contributed by atoms with Crippen LogP contribution < -0.4 is 5.32 Å². The minimum absolute atomic E-state index is 0. The van der Waals surface area contributed by atoms with Crippen LogP contribution in [0.25, 0.3) is 0 Å². The van der Waals surface area contributed by atoms with Crippen molar-refractivity contribution in [3.05, 3.63) is 41.2 Å². The van der Waals surface area contributed by atoms with Gasteiger partial charge in [0.25, 0.3) is 0 Å². The van der Waals surface area contributed by atoms with Crippen molar-refractivity contribution in [2.45, 2.75) is 32.7 Å². The summed E-state index contributed by atoms with van der Waals surface area (Å²) in [7, 11) is 0. The molecule has 23 heavy (non-hydrogen) atoms. The first kappa shape index (κ1) is 24.6. The Labute approximate surface area is 169 Å². The van der Waals surface area contributed by atoms with E-state index in [0.29, 0.717) is 5.56 Å². The fraction of sp³-hybridized carbons (Fsp3) is 0.375. The van der Waals surface area contributed by atoms with Crippen LogP contribution in [0.2, 0.25) is 0 Å². The average molecular weight is 608 g/mol. The van der Waals surface area contributed by atoms with E-state index >= 15 is 0 Å². The molecule has 0 aliphatic carbocycles. The molecule has 7 heteroatoms. The van der Waals surface area contributed by atoms with Crippen molar-refractivity contribution in [1.29, 1.82) is 0 Å². The summed E-state index contributed by atoms with van der Waals surface area (Å²) < 4.78 is 5.74. The van der Waals surface area contributed by atoms with Crippen molar-refractivity contribution in [3.63, 3.8) is 0 Å². The van der Waals surface area contributed by atoms with E-state index in [1.54, 1.807) is 44.4 Å². The SMILES string of the molecule is CCOC(=O)C([C-]=O)(Cc1ccc(Br)cc1)NC(C)=O.[CH2-]C.[U+2]. The van der Waals surface area contributed by atoms with Crippen molar-refractivity contribution in [2.24, 2.45) is 0 Å². The first-order valence-corrected chi connectivity index (χ1v) is 7.53. The summed E-state index contributed by atoms with van der Waals surface area (Å²) in [6, 6.07) is 7.06. The summed E-state index contributed by atoms with van der Waals surface area (Å²) >= 11 is 3.30. The predicted molar refractivity (Wildman–Crippen MR) is 87.8 cm³/mol. The summed E-state index contributed by atoms with van der Waals surface area (Å²) in [5, 5.41) is 2.34. The molecule has 1 atom stereocenters. The predicted octanol–water partition coefficient (Wildman–Crippen LogP) is 2.38. The fourth-order valence-electron chi connectivity index (χ4n) is 1.73. The number of hydrogen-bond donors (Lipinski definition) is 1. The van der Waals surface area contributed by atoms with Crippen molar-refractivity contribution in [3.8, 4) is 0 Å². The Balaban J connectivity index is 0. The van der Waals surface area contributed by atoms with Crippen molar-refractivity contribution >= 4 is 34.1 Å². The molecule has 0 heterocycles. The molecule has 0 aromatic heterocycles. The maximum Gasteiger partial charge on any atom is 2.00 e. The quantitative estimate of drug-likeness (QED) is 0.306. The number of carbonyl (C=O) groups excluding carboxylic acids is 3. The number of halogens is 1. The molecule has 0 bridgehead atoms. The molecule has 1 aromatic carbocycles. The van der Waals surface area contributed by atoms with Gasteiger partial charge < -0.3 is 21.8 Å². The Kier molecular flexibility index (Phi) is 13.6. The Morgan fingerprint density at radius 2 is 1.83 bits per heavy atom. The van der Waals surface area contributed by atoms with Crippen LogP contribution in [0.5, 0.6) is 0 Å². The summed E-state index contributed by atoms with van der Waals surface area (Å²) in [5.41, 5.74) is -1.10. The number of nitrogens with one attached hydrogen (secondary N) is 1.